The molecule has 1 aliphatic carbocycles. The van der Waals surface area contributed by atoms with Gasteiger partial charge in [-0.1, -0.05) is 0 Å². The molecular weight excluding hydrogens is 172 g/mol. The summed E-state index contributed by atoms with van der Waals surface area (Å²) in [6.07, 6.45) is -1.38. The zero-order valence-corrected chi connectivity index (χ0v) is 6.75. The third kappa shape index (κ3) is 2.99. The Morgan fingerprint density at radius 3 is 1.25 bits per heavy atom. The van der Waals surface area contributed by atoms with Crippen LogP contribution >= 0.6 is 0 Å². The van der Waals surface area contributed by atoms with Crippen LogP contribution in [-0.4, -0.2) is 11.8 Å². The number of hydrogen-bond acceptors (Lipinski definition) is 0. The van der Waals surface area contributed by atoms with Gasteiger partial charge in [0.15, 0.2) is 0 Å². The lowest BCUT2D eigenvalue weighted by Gasteiger charge is -2.24. The van der Waals surface area contributed by atoms with Crippen LogP contribution in [0, 0.1) is 0 Å². The van der Waals surface area contributed by atoms with Crippen molar-refractivity contribution in [1.29, 1.82) is 0 Å². The maximum atomic E-state index is 12.7. The van der Waals surface area contributed by atoms with Crippen LogP contribution < -0.4 is 0 Å². The molecule has 0 amide bonds. The van der Waals surface area contributed by atoms with E-state index in [-0.39, 0.29) is 25.7 Å². The summed E-state index contributed by atoms with van der Waals surface area (Å²) in [6.45, 7) is 0. The van der Waals surface area contributed by atoms with Crippen molar-refractivity contribution in [3.63, 3.8) is 0 Å². The van der Waals surface area contributed by atoms with Crippen molar-refractivity contribution in [2.75, 3.05) is 0 Å². The van der Waals surface area contributed by atoms with E-state index in [0.717, 1.165) is 0 Å². The third-order valence-electron chi connectivity index (χ3n) is 2.19. The van der Waals surface area contributed by atoms with Gasteiger partial charge in [0.05, 0.1) is 0 Å². The third-order valence-corrected chi connectivity index (χ3v) is 2.19. The summed E-state index contributed by atoms with van der Waals surface area (Å²) in [5.74, 6) is -5.74. The quantitative estimate of drug-likeness (QED) is 0.504. The van der Waals surface area contributed by atoms with Gasteiger partial charge >= 0.3 is 0 Å². The van der Waals surface area contributed by atoms with Crippen LogP contribution in [0.25, 0.3) is 0 Å². The minimum atomic E-state index is -2.87. The molecule has 4 heteroatoms. The number of halogens is 4. The van der Waals surface area contributed by atoms with Crippen LogP contribution in [0.2, 0.25) is 0 Å². The van der Waals surface area contributed by atoms with Crippen LogP contribution in [0.1, 0.15) is 38.5 Å². The van der Waals surface area contributed by atoms with Gasteiger partial charge < -0.3 is 0 Å². The predicted molar refractivity (Wildman–Crippen MR) is 37.6 cm³/mol. The maximum absolute atomic E-state index is 12.7. The largest absolute Gasteiger partial charge is 0.248 e. The fourth-order valence-electron chi connectivity index (χ4n) is 1.38. The minimum Gasteiger partial charge on any atom is -0.207 e. The van der Waals surface area contributed by atoms with Crippen LogP contribution in [0.5, 0.6) is 0 Å². The first-order valence-electron chi connectivity index (χ1n) is 4.17. The summed E-state index contributed by atoms with van der Waals surface area (Å²) in [4.78, 5) is 0. The summed E-state index contributed by atoms with van der Waals surface area (Å²) < 4.78 is 50.6. The molecule has 0 unspecified atom stereocenters. The molecule has 0 aliphatic heterocycles. The molecule has 1 fully saturated rings. The summed E-state index contributed by atoms with van der Waals surface area (Å²) in [7, 11) is 0. The molecule has 0 aromatic rings. The lowest BCUT2D eigenvalue weighted by molar-refractivity contribution is -0.0842. The van der Waals surface area contributed by atoms with E-state index in [2.05, 4.69) is 0 Å². The summed E-state index contributed by atoms with van der Waals surface area (Å²) in [6, 6.07) is 0. The zero-order valence-electron chi connectivity index (χ0n) is 6.75. The average Bonchev–Trinajstić information content (AvgIpc) is 1.94. The van der Waals surface area contributed by atoms with Crippen molar-refractivity contribution < 1.29 is 17.6 Å². The Morgan fingerprint density at radius 2 is 0.917 bits per heavy atom. The highest BCUT2D eigenvalue weighted by atomic mass is 19.3. The van der Waals surface area contributed by atoms with Crippen molar-refractivity contribution in [2.24, 2.45) is 0 Å². The Labute approximate surface area is 69.0 Å². The van der Waals surface area contributed by atoms with E-state index < -0.39 is 24.7 Å². The molecule has 0 radical (unpaired) electrons. The Kier molecular flexibility index (Phi) is 2.64. The molecule has 1 saturated carbocycles. The van der Waals surface area contributed by atoms with Crippen LogP contribution in [0.15, 0.2) is 0 Å². The summed E-state index contributed by atoms with van der Waals surface area (Å²) >= 11 is 0. The highest BCUT2D eigenvalue weighted by Crippen LogP contribution is 2.37. The number of alkyl halides is 4. The fraction of sp³-hybridized carbons (Fsp3) is 1.00. The van der Waals surface area contributed by atoms with Gasteiger partial charge in [-0.15, -0.1) is 0 Å². The van der Waals surface area contributed by atoms with E-state index in [1.807, 2.05) is 0 Å². The molecule has 72 valence electrons. The molecule has 0 aromatic heterocycles. The van der Waals surface area contributed by atoms with Gasteiger partial charge in [-0.3, -0.25) is 0 Å². The van der Waals surface area contributed by atoms with Gasteiger partial charge in [0.2, 0.25) is 11.8 Å². The second-order valence-electron chi connectivity index (χ2n) is 3.42. The van der Waals surface area contributed by atoms with E-state index >= 15 is 0 Å². The second kappa shape index (κ2) is 3.23. The minimum absolute atomic E-state index is 0.211. The second-order valence-corrected chi connectivity index (χ2v) is 3.42. The Balaban J connectivity index is 2.51. The molecule has 0 spiro atoms. The molecule has 0 bridgehead atoms. The van der Waals surface area contributed by atoms with Crippen molar-refractivity contribution in [1.82, 2.24) is 0 Å². The van der Waals surface area contributed by atoms with Crippen molar-refractivity contribution in [3.05, 3.63) is 0 Å². The topological polar surface area (TPSA) is 0 Å². The first kappa shape index (κ1) is 9.81. The molecule has 0 saturated heterocycles. The Hall–Kier alpha value is -0.280. The van der Waals surface area contributed by atoms with Crippen LogP contribution in [-0.2, 0) is 0 Å². The normalized spacial score (nSPS) is 29.0. The molecule has 0 nitrogen and oxygen atoms in total. The van der Waals surface area contributed by atoms with Crippen molar-refractivity contribution in [3.8, 4) is 0 Å². The molecular formula is C8H12F4. The van der Waals surface area contributed by atoms with Crippen LogP contribution in [0.3, 0.4) is 0 Å². The highest BCUT2D eigenvalue weighted by Gasteiger charge is 2.38. The molecule has 0 aromatic carbocycles. The van der Waals surface area contributed by atoms with Gasteiger partial charge in [-0.05, 0) is 12.8 Å². The van der Waals surface area contributed by atoms with Gasteiger partial charge in [-0.25, -0.2) is 17.6 Å². The van der Waals surface area contributed by atoms with E-state index in [1.165, 1.54) is 0 Å². The predicted octanol–water partition coefficient (Wildman–Crippen LogP) is 3.61. The standard InChI is InChI=1S/C8H12F4/c9-7(10)3-1-2-4-8(11,12)6-5-7/h1-6H2. The van der Waals surface area contributed by atoms with Gasteiger partial charge in [0.1, 0.15) is 0 Å². The van der Waals surface area contributed by atoms with E-state index in [9.17, 15) is 17.6 Å². The van der Waals surface area contributed by atoms with Gasteiger partial charge in [0, 0.05) is 25.7 Å². The monoisotopic (exact) mass is 184 g/mol. The Bertz CT molecular complexity index is 135. The van der Waals surface area contributed by atoms with Crippen LogP contribution in [0.4, 0.5) is 17.6 Å². The van der Waals surface area contributed by atoms with E-state index in [4.69, 9.17) is 0 Å². The Morgan fingerprint density at radius 1 is 0.583 bits per heavy atom. The first-order chi connectivity index (χ1) is 5.41. The van der Waals surface area contributed by atoms with Gasteiger partial charge in [-0.2, -0.15) is 0 Å². The van der Waals surface area contributed by atoms with Crippen molar-refractivity contribution >= 4 is 0 Å². The highest BCUT2D eigenvalue weighted by molar-refractivity contribution is 4.77. The zero-order chi connectivity index (χ0) is 9.24. The SMILES string of the molecule is FC1(F)CCCCC(F)(F)CC1. The lowest BCUT2D eigenvalue weighted by Crippen LogP contribution is -2.26. The number of hydrogen-bond donors (Lipinski definition) is 0. The molecule has 1 aliphatic rings. The van der Waals surface area contributed by atoms with Crippen molar-refractivity contribution in [2.45, 2.75) is 50.4 Å². The summed E-state index contributed by atoms with van der Waals surface area (Å²) in [5, 5.41) is 0. The van der Waals surface area contributed by atoms with Gasteiger partial charge in [0.25, 0.3) is 0 Å². The molecule has 0 atom stereocenters. The summed E-state index contributed by atoms with van der Waals surface area (Å²) in [5.41, 5.74) is 0. The van der Waals surface area contributed by atoms with E-state index in [1.54, 1.807) is 0 Å². The van der Waals surface area contributed by atoms with E-state index in [0.29, 0.717) is 0 Å². The average molecular weight is 184 g/mol. The molecule has 0 N–H and O–H groups in total. The molecule has 0 heterocycles. The number of rotatable bonds is 0. The first-order valence-corrected chi connectivity index (χ1v) is 4.17. The lowest BCUT2D eigenvalue weighted by atomic mass is 9.95. The smallest absolute Gasteiger partial charge is 0.207 e. The molecule has 12 heavy (non-hydrogen) atoms. The maximum Gasteiger partial charge on any atom is 0.248 e. The molecule has 1 rings (SSSR count). The fourth-order valence-corrected chi connectivity index (χ4v) is 1.38.